The van der Waals surface area contributed by atoms with Crippen molar-refractivity contribution in [2.24, 2.45) is 0 Å². The Morgan fingerprint density at radius 2 is 2.08 bits per heavy atom. The highest BCUT2D eigenvalue weighted by Crippen LogP contribution is 2.18. The van der Waals surface area contributed by atoms with Crippen LogP contribution in [-0.4, -0.2) is 11.3 Å². The van der Waals surface area contributed by atoms with Crippen molar-refractivity contribution in [3.05, 3.63) is 29.8 Å². The van der Waals surface area contributed by atoms with E-state index in [1.807, 2.05) is 12.1 Å². The summed E-state index contributed by atoms with van der Waals surface area (Å²) in [5.41, 5.74) is 0.821. The van der Waals surface area contributed by atoms with Gasteiger partial charge in [-0.1, -0.05) is 18.2 Å². The van der Waals surface area contributed by atoms with Crippen molar-refractivity contribution in [2.75, 3.05) is 0 Å². The van der Waals surface area contributed by atoms with Gasteiger partial charge in [0.2, 0.25) is 0 Å². The molecule has 0 saturated carbocycles. The Kier molecular flexibility index (Phi) is 3.09. The molecule has 2 heteroatoms. The summed E-state index contributed by atoms with van der Waals surface area (Å²) in [6.07, 6.45) is 0.270. The molecule has 0 radical (unpaired) electrons. The molecule has 1 rings (SSSR count). The monoisotopic (exact) mass is 168 g/mol. The summed E-state index contributed by atoms with van der Waals surface area (Å²) >= 11 is 0. The summed E-state index contributed by atoms with van der Waals surface area (Å²) in [5.74, 6) is 0.262. The molecule has 0 spiro atoms. The second-order valence-electron chi connectivity index (χ2n) is 2.95. The first-order chi connectivity index (χ1) is 5.70. The number of aryl methyl sites for hydroxylation is 1. The van der Waals surface area contributed by atoms with E-state index in [0.717, 1.165) is 5.56 Å². The van der Waals surface area contributed by atoms with E-state index in [1.165, 1.54) is 6.92 Å². The summed E-state index contributed by atoms with van der Waals surface area (Å²) in [4.78, 5) is 0. The molecule has 0 saturated heterocycles. The lowest BCUT2D eigenvalue weighted by molar-refractivity contribution is 0.340. The molecule has 1 aromatic carbocycles. The molecule has 0 fully saturated rings. The first-order valence-corrected chi connectivity index (χ1v) is 4.11. The van der Waals surface area contributed by atoms with Gasteiger partial charge in [0.25, 0.3) is 0 Å². The SMILES string of the molecule is CC(F)CCc1ccccc1O. The maximum atomic E-state index is 12.4. The van der Waals surface area contributed by atoms with Crippen LogP contribution in [0.2, 0.25) is 0 Å². The number of rotatable bonds is 3. The predicted octanol–water partition coefficient (Wildman–Crippen LogP) is 2.68. The topological polar surface area (TPSA) is 20.2 Å². The van der Waals surface area contributed by atoms with Crippen LogP contribution in [0.15, 0.2) is 24.3 Å². The molecule has 0 amide bonds. The molecule has 1 unspecified atom stereocenters. The Labute approximate surface area is 71.9 Å². The molecule has 0 bridgehead atoms. The second-order valence-corrected chi connectivity index (χ2v) is 2.95. The summed E-state index contributed by atoms with van der Waals surface area (Å²) in [6.45, 7) is 1.53. The van der Waals surface area contributed by atoms with E-state index >= 15 is 0 Å². The van der Waals surface area contributed by atoms with E-state index in [0.29, 0.717) is 12.8 Å². The molecular weight excluding hydrogens is 155 g/mol. The van der Waals surface area contributed by atoms with Crippen LogP contribution < -0.4 is 0 Å². The van der Waals surface area contributed by atoms with E-state index in [4.69, 9.17) is 0 Å². The van der Waals surface area contributed by atoms with Crippen LogP contribution >= 0.6 is 0 Å². The maximum absolute atomic E-state index is 12.4. The van der Waals surface area contributed by atoms with Crippen molar-refractivity contribution in [2.45, 2.75) is 25.9 Å². The smallest absolute Gasteiger partial charge is 0.118 e. The van der Waals surface area contributed by atoms with E-state index in [-0.39, 0.29) is 5.75 Å². The first-order valence-electron chi connectivity index (χ1n) is 4.11. The maximum Gasteiger partial charge on any atom is 0.118 e. The Bertz CT molecular complexity index is 245. The summed E-state index contributed by atoms with van der Waals surface area (Å²) in [6, 6.07) is 7.05. The zero-order valence-corrected chi connectivity index (χ0v) is 7.13. The highest BCUT2D eigenvalue weighted by molar-refractivity contribution is 5.31. The molecule has 0 aromatic heterocycles. The number of benzene rings is 1. The van der Waals surface area contributed by atoms with Crippen molar-refractivity contribution in [1.82, 2.24) is 0 Å². The highest BCUT2D eigenvalue weighted by atomic mass is 19.1. The number of hydrogen-bond acceptors (Lipinski definition) is 1. The van der Waals surface area contributed by atoms with Crippen molar-refractivity contribution < 1.29 is 9.50 Å². The van der Waals surface area contributed by atoms with Gasteiger partial charge in [0, 0.05) is 0 Å². The van der Waals surface area contributed by atoms with Gasteiger partial charge in [-0.3, -0.25) is 0 Å². The Morgan fingerprint density at radius 1 is 1.42 bits per heavy atom. The molecule has 0 aliphatic rings. The number of aromatic hydroxyl groups is 1. The molecule has 1 N–H and O–H groups in total. The average molecular weight is 168 g/mol. The van der Waals surface area contributed by atoms with Crippen molar-refractivity contribution in [1.29, 1.82) is 0 Å². The standard InChI is InChI=1S/C10H13FO/c1-8(11)6-7-9-4-2-3-5-10(9)12/h2-5,8,12H,6-7H2,1H3. The third-order valence-corrected chi connectivity index (χ3v) is 1.80. The molecule has 66 valence electrons. The molecule has 0 aliphatic heterocycles. The van der Waals surface area contributed by atoms with Gasteiger partial charge in [0.1, 0.15) is 5.75 Å². The molecule has 0 aliphatic carbocycles. The number of halogens is 1. The zero-order valence-electron chi connectivity index (χ0n) is 7.13. The molecule has 1 nitrogen and oxygen atoms in total. The van der Waals surface area contributed by atoms with Crippen molar-refractivity contribution in [3.8, 4) is 5.75 Å². The van der Waals surface area contributed by atoms with Gasteiger partial charge in [-0.2, -0.15) is 0 Å². The quantitative estimate of drug-likeness (QED) is 0.735. The van der Waals surface area contributed by atoms with Crippen LogP contribution in [-0.2, 0) is 6.42 Å². The Morgan fingerprint density at radius 3 is 2.67 bits per heavy atom. The minimum Gasteiger partial charge on any atom is -0.508 e. The van der Waals surface area contributed by atoms with Gasteiger partial charge in [-0.05, 0) is 31.4 Å². The van der Waals surface area contributed by atoms with Crippen LogP contribution in [0, 0.1) is 0 Å². The van der Waals surface area contributed by atoms with Crippen LogP contribution in [0.3, 0.4) is 0 Å². The lowest BCUT2D eigenvalue weighted by Gasteiger charge is -2.03. The normalized spacial score (nSPS) is 12.8. The van der Waals surface area contributed by atoms with Gasteiger partial charge in [-0.15, -0.1) is 0 Å². The van der Waals surface area contributed by atoms with Crippen LogP contribution in [0.5, 0.6) is 5.75 Å². The average Bonchev–Trinajstić information content (AvgIpc) is 2.03. The highest BCUT2D eigenvalue weighted by Gasteiger charge is 2.02. The van der Waals surface area contributed by atoms with E-state index in [9.17, 15) is 9.50 Å². The number of hydrogen-bond donors (Lipinski definition) is 1. The fourth-order valence-corrected chi connectivity index (χ4v) is 1.08. The zero-order chi connectivity index (χ0) is 8.97. The minimum atomic E-state index is -0.801. The summed E-state index contributed by atoms with van der Waals surface area (Å²) in [5, 5.41) is 9.30. The van der Waals surface area contributed by atoms with Crippen molar-refractivity contribution >= 4 is 0 Å². The number of phenolic OH excluding ortho intramolecular Hbond substituents is 1. The van der Waals surface area contributed by atoms with Gasteiger partial charge < -0.3 is 5.11 Å². The molecular formula is C10H13FO. The number of phenols is 1. The summed E-state index contributed by atoms with van der Waals surface area (Å²) < 4.78 is 12.4. The van der Waals surface area contributed by atoms with Gasteiger partial charge in [0.05, 0.1) is 6.17 Å². The largest absolute Gasteiger partial charge is 0.508 e. The number of para-hydroxylation sites is 1. The molecule has 1 aromatic rings. The lowest BCUT2D eigenvalue weighted by Crippen LogP contribution is -1.95. The molecule has 0 heterocycles. The summed E-state index contributed by atoms with van der Waals surface area (Å²) in [7, 11) is 0. The van der Waals surface area contributed by atoms with Gasteiger partial charge in [-0.25, -0.2) is 4.39 Å². The third-order valence-electron chi connectivity index (χ3n) is 1.80. The second kappa shape index (κ2) is 4.10. The molecule has 12 heavy (non-hydrogen) atoms. The number of alkyl halides is 1. The van der Waals surface area contributed by atoms with Crippen molar-refractivity contribution in [3.63, 3.8) is 0 Å². The fraction of sp³-hybridized carbons (Fsp3) is 0.400. The molecule has 1 atom stereocenters. The predicted molar refractivity (Wildman–Crippen MR) is 47.0 cm³/mol. The third kappa shape index (κ3) is 2.53. The van der Waals surface area contributed by atoms with Gasteiger partial charge >= 0.3 is 0 Å². The Balaban J connectivity index is 2.57. The van der Waals surface area contributed by atoms with Gasteiger partial charge in [0.15, 0.2) is 0 Å². The lowest BCUT2D eigenvalue weighted by atomic mass is 10.1. The van der Waals surface area contributed by atoms with E-state index in [2.05, 4.69) is 0 Å². The fourth-order valence-electron chi connectivity index (χ4n) is 1.08. The van der Waals surface area contributed by atoms with E-state index in [1.54, 1.807) is 12.1 Å². The van der Waals surface area contributed by atoms with E-state index < -0.39 is 6.17 Å². The Hall–Kier alpha value is -1.05. The first kappa shape index (κ1) is 9.04. The van der Waals surface area contributed by atoms with Crippen LogP contribution in [0.4, 0.5) is 4.39 Å². The van der Waals surface area contributed by atoms with Crippen LogP contribution in [0.1, 0.15) is 18.9 Å². The van der Waals surface area contributed by atoms with Crippen LogP contribution in [0.25, 0.3) is 0 Å². The minimum absolute atomic E-state index is 0.262.